The number of hydrogen-bond donors (Lipinski definition) is 0. The molecule has 1 atom stereocenters. The molecular formula is C20H21N3O4S. The Morgan fingerprint density at radius 3 is 2.71 bits per heavy atom. The van der Waals surface area contributed by atoms with Crippen LogP contribution in [0.3, 0.4) is 0 Å². The van der Waals surface area contributed by atoms with E-state index in [4.69, 9.17) is 4.42 Å². The molecule has 7 nitrogen and oxygen atoms in total. The van der Waals surface area contributed by atoms with Crippen molar-refractivity contribution in [3.8, 4) is 5.69 Å². The van der Waals surface area contributed by atoms with Crippen LogP contribution in [0.4, 0.5) is 0 Å². The van der Waals surface area contributed by atoms with Crippen LogP contribution in [0.25, 0.3) is 5.69 Å². The average Bonchev–Trinajstić information content (AvgIpc) is 3.42. The highest BCUT2D eigenvalue weighted by Gasteiger charge is 2.36. The molecule has 2 aromatic heterocycles. The number of carbonyl (C=O) groups is 1. The lowest BCUT2D eigenvalue weighted by Gasteiger charge is -2.16. The average molecular weight is 399 g/mol. The van der Waals surface area contributed by atoms with Gasteiger partial charge in [0.05, 0.1) is 34.7 Å². The van der Waals surface area contributed by atoms with Crippen molar-refractivity contribution in [2.45, 2.75) is 24.3 Å². The summed E-state index contributed by atoms with van der Waals surface area (Å²) in [6, 6.07) is 12.9. The van der Waals surface area contributed by atoms with Gasteiger partial charge in [0.2, 0.25) is 0 Å². The maximum absolute atomic E-state index is 13.0. The first-order valence-electron chi connectivity index (χ1n) is 9.09. The molecule has 3 heterocycles. The highest BCUT2D eigenvalue weighted by molar-refractivity contribution is 7.91. The number of hydrogen-bond acceptors (Lipinski definition) is 5. The first kappa shape index (κ1) is 18.5. The molecule has 0 N–H and O–H groups in total. The SMILES string of the molecule is Cc1c(C(=O)N2CCC(S(=O)(=O)Cc3ccco3)C2)cnn1-c1ccccc1. The minimum Gasteiger partial charge on any atom is -0.468 e. The van der Waals surface area contributed by atoms with Crippen LogP contribution in [0.1, 0.15) is 28.2 Å². The zero-order valence-corrected chi connectivity index (χ0v) is 16.3. The smallest absolute Gasteiger partial charge is 0.257 e. The van der Waals surface area contributed by atoms with Gasteiger partial charge in [0.15, 0.2) is 9.84 Å². The van der Waals surface area contributed by atoms with E-state index in [9.17, 15) is 13.2 Å². The van der Waals surface area contributed by atoms with Gasteiger partial charge in [-0.05, 0) is 37.6 Å². The molecule has 1 aliphatic rings. The molecule has 28 heavy (non-hydrogen) atoms. The fourth-order valence-electron chi connectivity index (χ4n) is 3.54. The molecule has 0 aliphatic carbocycles. The Morgan fingerprint density at radius 1 is 1.21 bits per heavy atom. The van der Waals surface area contributed by atoms with E-state index in [2.05, 4.69) is 5.10 Å². The molecule has 1 amide bonds. The van der Waals surface area contributed by atoms with Crippen molar-refractivity contribution < 1.29 is 17.6 Å². The number of amides is 1. The summed E-state index contributed by atoms with van der Waals surface area (Å²) in [4.78, 5) is 14.6. The number of nitrogens with zero attached hydrogens (tertiary/aromatic N) is 3. The third-order valence-electron chi connectivity index (χ3n) is 5.10. The van der Waals surface area contributed by atoms with Crippen LogP contribution in [0.5, 0.6) is 0 Å². The van der Waals surface area contributed by atoms with Crippen molar-refractivity contribution in [3.05, 3.63) is 71.9 Å². The van der Waals surface area contributed by atoms with Crippen molar-refractivity contribution in [3.63, 3.8) is 0 Å². The van der Waals surface area contributed by atoms with E-state index >= 15 is 0 Å². The molecule has 1 saturated heterocycles. The lowest BCUT2D eigenvalue weighted by atomic mass is 10.2. The number of rotatable bonds is 5. The first-order chi connectivity index (χ1) is 13.5. The number of benzene rings is 1. The summed E-state index contributed by atoms with van der Waals surface area (Å²) in [6.07, 6.45) is 3.44. The number of aromatic nitrogens is 2. The highest BCUT2D eigenvalue weighted by Crippen LogP contribution is 2.24. The van der Waals surface area contributed by atoms with Crippen LogP contribution in [0.15, 0.2) is 59.3 Å². The monoisotopic (exact) mass is 399 g/mol. The van der Waals surface area contributed by atoms with Crippen LogP contribution in [-0.4, -0.2) is 47.3 Å². The maximum atomic E-state index is 13.0. The Hall–Kier alpha value is -2.87. The van der Waals surface area contributed by atoms with Crippen molar-refractivity contribution >= 4 is 15.7 Å². The van der Waals surface area contributed by atoms with Gasteiger partial charge in [-0.15, -0.1) is 0 Å². The lowest BCUT2D eigenvalue weighted by Crippen LogP contribution is -2.32. The molecular weight excluding hydrogens is 378 g/mol. The molecule has 0 saturated carbocycles. The van der Waals surface area contributed by atoms with E-state index < -0.39 is 15.1 Å². The minimum atomic E-state index is -3.39. The molecule has 0 spiro atoms. The van der Waals surface area contributed by atoms with Gasteiger partial charge >= 0.3 is 0 Å². The van der Waals surface area contributed by atoms with Crippen molar-refractivity contribution in [1.29, 1.82) is 0 Å². The van der Waals surface area contributed by atoms with E-state index in [1.807, 2.05) is 37.3 Å². The predicted molar refractivity (Wildman–Crippen MR) is 104 cm³/mol. The number of para-hydroxylation sites is 1. The summed E-state index contributed by atoms with van der Waals surface area (Å²) in [6.45, 7) is 2.45. The van der Waals surface area contributed by atoms with Gasteiger partial charge in [-0.25, -0.2) is 13.1 Å². The molecule has 8 heteroatoms. The summed E-state index contributed by atoms with van der Waals surface area (Å²) in [5.74, 6) is 0.0950. The molecule has 0 bridgehead atoms. The van der Waals surface area contributed by atoms with Crippen molar-refractivity contribution in [1.82, 2.24) is 14.7 Å². The third-order valence-corrected chi connectivity index (χ3v) is 7.19. The van der Waals surface area contributed by atoms with Crippen molar-refractivity contribution in [2.24, 2.45) is 0 Å². The second-order valence-electron chi connectivity index (χ2n) is 6.94. The molecule has 1 aliphatic heterocycles. The van der Waals surface area contributed by atoms with E-state index in [0.29, 0.717) is 24.3 Å². The Morgan fingerprint density at radius 2 is 2.00 bits per heavy atom. The summed E-state index contributed by atoms with van der Waals surface area (Å²) in [5, 5.41) is 3.76. The molecule has 1 aromatic carbocycles. The van der Waals surface area contributed by atoms with Gasteiger partial charge in [0, 0.05) is 13.1 Å². The highest BCUT2D eigenvalue weighted by atomic mass is 32.2. The third kappa shape index (κ3) is 3.47. The zero-order chi connectivity index (χ0) is 19.7. The van der Waals surface area contributed by atoms with Crippen LogP contribution in [0, 0.1) is 6.92 Å². The molecule has 1 unspecified atom stereocenters. The minimum absolute atomic E-state index is 0.141. The van der Waals surface area contributed by atoms with Crippen LogP contribution >= 0.6 is 0 Å². The molecule has 146 valence electrons. The topological polar surface area (TPSA) is 85.4 Å². The van der Waals surface area contributed by atoms with Gasteiger partial charge in [0.25, 0.3) is 5.91 Å². The first-order valence-corrected chi connectivity index (χ1v) is 10.8. The fourth-order valence-corrected chi connectivity index (χ4v) is 5.20. The van der Waals surface area contributed by atoms with E-state index in [1.54, 1.807) is 27.9 Å². The Labute approximate surface area is 163 Å². The quantitative estimate of drug-likeness (QED) is 0.658. The Bertz CT molecular complexity index is 1070. The van der Waals surface area contributed by atoms with Gasteiger partial charge in [0.1, 0.15) is 11.5 Å². The predicted octanol–water partition coefficient (Wildman–Crippen LogP) is 2.60. The van der Waals surface area contributed by atoms with Crippen LogP contribution in [0.2, 0.25) is 0 Å². The summed E-state index contributed by atoms with van der Waals surface area (Å²) < 4.78 is 32.2. The fraction of sp³-hybridized carbons (Fsp3) is 0.300. The normalized spacial score (nSPS) is 17.2. The molecule has 4 rings (SSSR count). The van der Waals surface area contributed by atoms with Gasteiger partial charge in [-0.3, -0.25) is 4.79 Å². The summed E-state index contributed by atoms with van der Waals surface area (Å²) >= 11 is 0. The second-order valence-corrected chi connectivity index (χ2v) is 9.22. The maximum Gasteiger partial charge on any atom is 0.257 e. The standard InChI is InChI=1S/C20H21N3O4S/c1-15-19(12-21-23(15)16-6-3-2-4-7-16)20(24)22-10-9-18(13-22)28(25,26)14-17-8-5-11-27-17/h2-8,11-12,18H,9-10,13-14H2,1H3. The Kier molecular flexibility index (Phi) is 4.80. The largest absolute Gasteiger partial charge is 0.468 e. The van der Waals surface area contributed by atoms with E-state index in [-0.39, 0.29) is 18.2 Å². The summed E-state index contributed by atoms with van der Waals surface area (Å²) in [7, 11) is -3.39. The summed E-state index contributed by atoms with van der Waals surface area (Å²) in [5.41, 5.74) is 2.10. The number of furan rings is 1. The van der Waals surface area contributed by atoms with Crippen LogP contribution < -0.4 is 0 Å². The van der Waals surface area contributed by atoms with Crippen molar-refractivity contribution in [2.75, 3.05) is 13.1 Å². The number of likely N-dealkylation sites (tertiary alicyclic amines) is 1. The van der Waals surface area contributed by atoms with E-state index in [1.165, 1.54) is 6.26 Å². The van der Waals surface area contributed by atoms with Gasteiger partial charge in [-0.1, -0.05) is 18.2 Å². The number of sulfone groups is 1. The van der Waals surface area contributed by atoms with Gasteiger partial charge < -0.3 is 9.32 Å². The van der Waals surface area contributed by atoms with E-state index in [0.717, 1.165) is 11.4 Å². The zero-order valence-electron chi connectivity index (χ0n) is 15.5. The lowest BCUT2D eigenvalue weighted by molar-refractivity contribution is 0.0792. The van der Waals surface area contributed by atoms with Gasteiger partial charge in [-0.2, -0.15) is 5.10 Å². The van der Waals surface area contributed by atoms with Crippen LogP contribution in [-0.2, 0) is 15.6 Å². The molecule has 0 radical (unpaired) electrons. The Balaban J connectivity index is 1.49. The molecule has 3 aromatic rings. The second kappa shape index (κ2) is 7.27. The molecule has 1 fully saturated rings. The number of carbonyl (C=O) groups excluding carboxylic acids is 1.